The second-order valence-electron chi connectivity index (χ2n) is 2.88. The summed E-state index contributed by atoms with van der Waals surface area (Å²) in [5.74, 6) is -0.850. The van der Waals surface area contributed by atoms with Gasteiger partial charge in [-0.2, -0.15) is 4.36 Å². The molecule has 0 aromatic heterocycles. The van der Waals surface area contributed by atoms with Gasteiger partial charge in [-0.15, -0.1) is 11.6 Å². The van der Waals surface area contributed by atoms with E-state index in [2.05, 4.69) is 4.36 Å². The standard InChI is InChI=1S/C9H9Cl2NO2S/c1-15(14,12-9(13)6-10)8-4-2-7(11)3-5-8/h2-5H,6H2,1H3/t15-/m0/s1. The molecule has 1 aromatic rings. The molecule has 0 fully saturated rings. The minimum Gasteiger partial charge on any atom is -0.271 e. The van der Waals surface area contributed by atoms with Gasteiger partial charge in [0.15, 0.2) is 0 Å². The SMILES string of the molecule is C[S@@](=O)(=NC(=O)CCl)c1ccc(Cl)cc1. The third kappa shape index (κ3) is 3.48. The number of hydrogen-bond donors (Lipinski definition) is 0. The van der Waals surface area contributed by atoms with Gasteiger partial charge in [0.1, 0.15) is 5.88 Å². The Kier molecular flexibility index (Phi) is 4.13. The maximum absolute atomic E-state index is 12.0. The van der Waals surface area contributed by atoms with Crippen molar-refractivity contribution in [2.24, 2.45) is 4.36 Å². The predicted molar refractivity (Wildman–Crippen MR) is 61.9 cm³/mol. The summed E-state index contributed by atoms with van der Waals surface area (Å²) >= 11 is 11.0. The highest BCUT2D eigenvalue weighted by molar-refractivity contribution is 7.93. The van der Waals surface area contributed by atoms with Gasteiger partial charge in [-0.1, -0.05) is 11.6 Å². The molecule has 82 valence electrons. The van der Waals surface area contributed by atoms with Crippen LogP contribution in [0.4, 0.5) is 0 Å². The van der Waals surface area contributed by atoms with Gasteiger partial charge in [0.25, 0.3) is 5.91 Å². The third-order valence-corrected chi connectivity index (χ3v) is 3.82. The number of halogens is 2. The molecule has 1 amide bonds. The van der Waals surface area contributed by atoms with Crippen molar-refractivity contribution in [1.29, 1.82) is 0 Å². The van der Waals surface area contributed by atoms with Crippen LogP contribution in [0.15, 0.2) is 33.5 Å². The van der Waals surface area contributed by atoms with Crippen LogP contribution in [0.5, 0.6) is 0 Å². The number of alkyl halides is 1. The molecule has 3 nitrogen and oxygen atoms in total. The molecule has 0 saturated carbocycles. The van der Waals surface area contributed by atoms with E-state index in [-0.39, 0.29) is 5.88 Å². The molecule has 0 spiro atoms. The minimum absolute atomic E-state index is 0.265. The summed E-state index contributed by atoms with van der Waals surface area (Å²) in [5.41, 5.74) is 0. The number of hydrogen-bond acceptors (Lipinski definition) is 2. The Morgan fingerprint density at radius 1 is 1.40 bits per heavy atom. The fourth-order valence-corrected chi connectivity index (χ4v) is 2.41. The lowest BCUT2D eigenvalue weighted by atomic mass is 10.4. The molecule has 0 unspecified atom stereocenters. The highest BCUT2D eigenvalue weighted by Crippen LogP contribution is 2.15. The van der Waals surface area contributed by atoms with Crippen LogP contribution in [0.1, 0.15) is 0 Å². The normalized spacial score (nSPS) is 14.3. The summed E-state index contributed by atoms with van der Waals surface area (Å²) in [6.45, 7) is 0. The Balaban J connectivity index is 3.17. The molecule has 6 heteroatoms. The first kappa shape index (κ1) is 12.5. The van der Waals surface area contributed by atoms with Gasteiger partial charge in [0.05, 0.1) is 9.73 Å². The predicted octanol–water partition coefficient (Wildman–Crippen LogP) is 2.56. The molecule has 1 atom stereocenters. The van der Waals surface area contributed by atoms with Crippen molar-refractivity contribution < 1.29 is 9.00 Å². The van der Waals surface area contributed by atoms with Gasteiger partial charge in [0, 0.05) is 16.2 Å². The smallest absolute Gasteiger partial charge is 0.268 e. The highest BCUT2D eigenvalue weighted by atomic mass is 35.5. The monoisotopic (exact) mass is 265 g/mol. The number of carbonyl (C=O) groups excluding carboxylic acids is 1. The van der Waals surface area contributed by atoms with Crippen molar-refractivity contribution in [3.63, 3.8) is 0 Å². The second kappa shape index (κ2) is 4.96. The topological polar surface area (TPSA) is 46.5 Å². The van der Waals surface area contributed by atoms with E-state index in [9.17, 15) is 9.00 Å². The summed E-state index contributed by atoms with van der Waals surface area (Å²) in [4.78, 5) is 11.4. The lowest BCUT2D eigenvalue weighted by Crippen LogP contribution is -2.03. The summed E-state index contributed by atoms with van der Waals surface area (Å²) in [6, 6.07) is 6.35. The van der Waals surface area contributed by atoms with E-state index in [4.69, 9.17) is 23.2 Å². The zero-order valence-corrected chi connectivity index (χ0v) is 10.3. The lowest BCUT2D eigenvalue weighted by molar-refractivity contribution is -0.115. The average molecular weight is 266 g/mol. The maximum Gasteiger partial charge on any atom is 0.268 e. The molecule has 0 bridgehead atoms. The number of nitrogens with zero attached hydrogens (tertiary/aromatic N) is 1. The Labute approximate surface area is 98.6 Å². The van der Waals surface area contributed by atoms with Gasteiger partial charge in [0.2, 0.25) is 0 Å². The molecule has 0 N–H and O–H groups in total. The van der Waals surface area contributed by atoms with E-state index in [0.29, 0.717) is 9.92 Å². The lowest BCUT2D eigenvalue weighted by Gasteiger charge is -2.02. The van der Waals surface area contributed by atoms with Gasteiger partial charge >= 0.3 is 0 Å². The molecular weight excluding hydrogens is 257 g/mol. The van der Waals surface area contributed by atoms with E-state index in [1.54, 1.807) is 24.3 Å². The van der Waals surface area contributed by atoms with Gasteiger partial charge in [-0.3, -0.25) is 4.79 Å². The Hall–Kier alpha value is -0.580. The largest absolute Gasteiger partial charge is 0.271 e. The van der Waals surface area contributed by atoms with Crippen LogP contribution in [0.25, 0.3) is 0 Å². The fourth-order valence-electron chi connectivity index (χ4n) is 0.958. The average Bonchev–Trinajstić information content (AvgIpc) is 2.17. The first-order valence-electron chi connectivity index (χ1n) is 4.02. The zero-order valence-electron chi connectivity index (χ0n) is 7.94. The minimum atomic E-state index is -2.71. The van der Waals surface area contributed by atoms with Crippen LogP contribution in [-0.2, 0) is 14.5 Å². The number of benzene rings is 1. The quantitative estimate of drug-likeness (QED) is 0.772. The summed E-state index contributed by atoms with van der Waals surface area (Å²) in [6.07, 6.45) is 1.39. The van der Waals surface area contributed by atoms with E-state index in [1.807, 2.05) is 0 Å². The van der Waals surface area contributed by atoms with Crippen LogP contribution >= 0.6 is 23.2 Å². The molecule has 0 aliphatic rings. The molecule has 1 rings (SSSR count). The van der Waals surface area contributed by atoms with Crippen molar-refractivity contribution in [1.82, 2.24) is 0 Å². The number of rotatable bonds is 2. The fraction of sp³-hybridized carbons (Fsp3) is 0.222. The zero-order chi connectivity index (χ0) is 11.5. The van der Waals surface area contributed by atoms with Crippen molar-refractivity contribution in [2.45, 2.75) is 4.90 Å². The number of carbonyl (C=O) groups is 1. The van der Waals surface area contributed by atoms with E-state index >= 15 is 0 Å². The Bertz CT molecular complexity index is 475. The van der Waals surface area contributed by atoms with E-state index in [0.717, 1.165) is 0 Å². The molecule has 0 saturated heterocycles. The van der Waals surface area contributed by atoms with Crippen LogP contribution in [-0.4, -0.2) is 22.3 Å². The van der Waals surface area contributed by atoms with Gasteiger partial charge < -0.3 is 0 Å². The molecule has 0 radical (unpaired) electrons. The van der Waals surface area contributed by atoms with E-state index in [1.165, 1.54) is 6.26 Å². The van der Waals surface area contributed by atoms with Crippen molar-refractivity contribution in [3.05, 3.63) is 29.3 Å². The first-order chi connectivity index (χ1) is 6.95. The summed E-state index contributed by atoms with van der Waals surface area (Å²) in [7, 11) is -2.71. The summed E-state index contributed by atoms with van der Waals surface area (Å²) in [5, 5.41) is 0.539. The molecule has 0 heterocycles. The maximum atomic E-state index is 12.0. The van der Waals surface area contributed by atoms with Crippen LogP contribution in [0.2, 0.25) is 5.02 Å². The number of amides is 1. The molecule has 0 aliphatic carbocycles. The molecule has 1 aromatic carbocycles. The van der Waals surface area contributed by atoms with Crippen LogP contribution in [0, 0.1) is 0 Å². The summed E-state index contributed by atoms with van der Waals surface area (Å²) < 4.78 is 15.5. The van der Waals surface area contributed by atoms with Crippen molar-refractivity contribution in [2.75, 3.05) is 12.1 Å². The molecule has 15 heavy (non-hydrogen) atoms. The van der Waals surface area contributed by atoms with Crippen LogP contribution < -0.4 is 0 Å². The third-order valence-electron chi connectivity index (χ3n) is 1.64. The first-order valence-corrected chi connectivity index (χ1v) is 6.86. The Morgan fingerprint density at radius 3 is 2.40 bits per heavy atom. The molecular formula is C9H9Cl2NO2S. The second-order valence-corrected chi connectivity index (χ2v) is 5.84. The van der Waals surface area contributed by atoms with Crippen molar-refractivity contribution >= 4 is 38.8 Å². The van der Waals surface area contributed by atoms with Crippen molar-refractivity contribution in [3.8, 4) is 0 Å². The van der Waals surface area contributed by atoms with Crippen LogP contribution in [0.3, 0.4) is 0 Å². The highest BCUT2D eigenvalue weighted by Gasteiger charge is 2.08. The van der Waals surface area contributed by atoms with E-state index < -0.39 is 15.6 Å². The Morgan fingerprint density at radius 2 is 1.93 bits per heavy atom. The van der Waals surface area contributed by atoms with Gasteiger partial charge in [-0.25, -0.2) is 4.21 Å². The molecule has 0 aliphatic heterocycles. The van der Waals surface area contributed by atoms with Gasteiger partial charge in [-0.05, 0) is 24.3 Å².